The van der Waals surface area contributed by atoms with Crippen LogP contribution in [-0.2, 0) is 13.6 Å². The molecule has 3 heterocycles. The average molecular weight is 243 g/mol. The van der Waals surface area contributed by atoms with Gasteiger partial charge in [0, 0.05) is 18.9 Å². The van der Waals surface area contributed by atoms with Crippen LogP contribution < -0.4 is 5.73 Å². The first-order chi connectivity index (χ1) is 8.65. The molecule has 0 aliphatic carbocycles. The van der Waals surface area contributed by atoms with E-state index in [2.05, 4.69) is 20.2 Å². The summed E-state index contributed by atoms with van der Waals surface area (Å²) in [5, 5.41) is 9.10. The second-order valence-corrected chi connectivity index (χ2v) is 4.16. The van der Waals surface area contributed by atoms with E-state index in [1.807, 2.05) is 24.7 Å². The lowest BCUT2D eigenvalue weighted by atomic mass is 10.4. The Balaban J connectivity index is 2.07. The van der Waals surface area contributed by atoms with E-state index in [1.54, 1.807) is 17.1 Å². The number of nitrogen functional groups attached to an aromatic ring is 1. The molecule has 0 amide bonds. The molecule has 7 heteroatoms. The molecule has 0 aliphatic rings. The fourth-order valence-corrected chi connectivity index (χ4v) is 1.86. The van der Waals surface area contributed by atoms with E-state index >= 15 is 0 Å². The highest BCUT2D eigenvalue weighted by molar-refractivity contribution is 5.84. The molecule has 0 unspecified atom stereocenters. The number of aromatic nitrogens is 6. The Hall–Kier alpha value is -2.44. The molecule has 3 aromatic heterocycles. The van der Waals surface area contributed by atoms with Gasteiger partial charge in [-0.05, 0) is 13.0 Å². The Labute approximate surface area is 103 Å². The number of fused-ring (bicyclic) bond motifs is 1. The first-order valence-corrected chi connectivity index (χ1v) is 5.57. The van der Waals surface area contributed by atoms with Gasteiger partial charge in [0.05, 0.1) is 11.6 Å². The van der Waals surface area contributed by atoms with Gasteiger partial charge >= 0.3 is 0 Å². The zero-order valence-corrected chi connectivity index (χ0v) is 10.2. The summed E-state index contributed by atoms with van der Waals surface area (Å²) in [6.07, 6.45) is 3.43. The van der Waals surface area contributed by atoms with Gasteiger partial charge in [-0.1, -0.05) is 0 Å². The van der Waals surface area contributed by atoms with Crippen LogP contribution in [0.25, 0.3) is 11.0 Å². The summed E-state index contributed by atoms with van der Waals surface area (Å²) >= 11 is 0. The van der Waals surface area contributed by atoms with Crippen LogP contribution in [0.5, 0.6) is 0 Å². The van der Waals surface area contributed by atoms with Crippen molar-refractivity contribution in [2.75, 3.05) is 5.73 Å². The molecule has 0 fully saturated rings. The first kappa shape index (κ1) is 10.7. The summed E-state index contributed by atoms with van der Waals surface area (Å²) in [5.74, 6) is 1.09. The number of rotatable bonds is 2. The van der Waals surface area contributed by atoms with Crippen molar-refractivity contribution in [3.63, 3.8) is 0 Å². The third-order valence-corrected chi connectivity index (χ3v) is 2.89. The molecule has 18 heavy (non-hydrogen) atoms. The molecule has 0 spiro atoms. The summed E-state index contributed by atoms with van der Waals surface area (Å²) in [6.45, 7) is 2.49. The highest BCUT2D eigenvalue weighted by Gasteiger charge is 2.10. The number of anilines is 1. The van der Waals surface area contributed by atoms with Crippen LogP contribution in [0.4, 0.5) is 5.82 Å². The quantitative estimate of drug-likeness (QED) is 0.708. The topological polar surface area (TPSA) is 87.4 Å². The standard InChI is InChI=1S/C11H13N7/c1-7-3-4-13-18(7)6-9-15-10(12)8-5-14-17(2)11(8)16-9/h3-5H,6H2,1-2H3,(H2,12,15,16). The van der Waals surface area contributed by atoms with E-state index in [-0.39, 0.29) is 0 Å². The van der Waals surface area contributed by atoms with Gasteiger partial charge < -0.3 is 5.73 Å². The van der Waals surface area contributed by atoms with Crippen molar-refractivity contribution < 1.29 is 0 Å². The summed E-state index contributed by atoms with van der Waals surface area (Å²) < 4.78 is 3.52. The van der Waals surface area contributed by atoms with Gasteiger partial charge in [-0.2, -0.15) is 10.2 Å². The maximum atomic E-state index is 5.90. The van der Waals surface area contributed by atoms with E-state index < -0.39 is 0 Å². The monoisotopic (exact) mass is 243 g/mol. The van der Waals surface area contributed by atoms with Crippen molar-refractivity contribution in [1.29, 1.82) is 0 Å². The van der Waals surface area contributed by atoms with Gasteiger partial charge in [0.15, 0.2) is 11.5 Å². The Morgan fingerprint density at radius 1 is 1.28 bits per heavy atom. The van der Waals surface area contributed by atoms with Gasteiger partial charge in [-0.15, -0.1) is 0 Å². The van der Waals surface area contributed by atoms with E-state index in [0.29, 0.717) is 18.2 Å². The van der Waals surface area contributed by atoms with Crippen molar-refractivity contribution in [3.8, 4) is 0 Å². The molecule has 0 saturated carbocycles. The summed E-state index contributed by atoms with van der Waals surface area (Å²) in [7, 11) is 1.83. The Kier molecular flexibility index (Phi) is 2.26. The largest absolute Gasteiger partial charge is 0.383 e. The fraction of sp³-hybridized carbons (Fsp3) is 0.273. The Morgan fingerprint density at radius 3 is 2.83 bits per heavy atom. The molecule has 92 valence electrons. The molecule has 0 saturated heterocycles. The van der Waals surface area contributed by atoms with Crippen LogP contribution in [0.3, 0.4) is 0 Å². The maximum absolute atomic E-state index is 5.90. The third-order valence-electron chi connectivity index (χ3n) is 2.89. The number of nitrogens with zero attached hydrogens (tertiary/aromatic N) is 6. The minimum absolute atomic E-state index is 0.452. The Bertz CT molecular complexity index is 709. The minimum atomic E-state index is 0.452. The minimum Gasteiger partial charge on any atom is -0.383 e. The van der Waals surface area contributed by atoms with Crippen LogP contribution in [0.2, 0.25) is 0 Å². The second-order valence-electron chi connectivity index (χ2n) is 4.16. The van der Waals surface area contributed by atoms with E-state index in [0.717, 1.165) is 16.7 Å². The van der Waals surface area contributed by atoms with Crippen LogP contribution in [-0.4, -0.2) is 29.5 Å². The number of hydrogen-bond acceptors (Lipinski definition) is 5. The first-order valence-electron chi connectivity index (χ1n) is 5.57. The average Bonchev–Trinajstić information content (AvgIpc) is 2.88. The van der Waals surface area contributed by atoms with Crippen molar-refractivity contribution in [2.45, 2.75) is 13.5 Å². The fourth-order valence-electron chi connectivity index (χ4n) is 1.86. The van der Waals surface area contributed by atoms with Crippen molar-refractivity contribution >= 4 is 16.9 Å². The predicted octanol–water partition coefficient (Wildman–Crippen LogP) is 0.499. The lowest BCUT2D eigenvalue weighted by Crippen LogP contribution is -2.09. The maximum Gasteiger partial charge on any atom is 0.163 e. The molecule has 3 aromatic rings. The lowest BCUT2D eigenvalue weighted by Gasteiger charge is -2.05. The molecule has 0 atom stereocenters. The van der Waals surface area contributed by atoms with Gasteiger partial charge in [0.25, 0.3) is 0 Å². The van der Waals surface area contributed by atoms with Crippen LogP contribution >= 0.6 is 0 Å². The highest BCUT2D eigenvalue weighted by Crippen LogP contribution is 2.16. The van der Waals surface area contributed by atoms with Crippen LogP contribution in [0, 0.1) is 6.92 Å². The lowest BCUT2D eigenvalue weighted by molar-refractivity contribution is 0.637. The zero-order chi connectivity index (χ0) is 12.7. The summed E-state index contributed by atoms with van der Waals surface area (Å²) in [5.41, 5.74) is 7.70. The molecule has 0 aromatic carbocycles. The van der Waals surface area contributed by atoms with E-state index in [9.17, 15) is 0 Å². The molecule has 2 N–H and O–H groups in total. The molecular formula is C11H13N7. The summed E-state index contributed by atoms with van der Waals surface area (Å²) in [4.78, 5) is 8.74. The second kappa shape index (κ2) is 3.80. The normalized spacial score (nSPS) is 11.2. The third kappa shape index (κ3) is 1.60. The van der Waals surface area contributed by atoms with Crippen LogP contribution in [0.1, 0.15) is 11.5 Å². The van der Waals surface area contributed by atoms with Crippen LogP contribution in [0.15, 0.2) is 18.5 Å². The van der Waals surface area contributed by atoms with E-state index in [1.165, 1.54) is 0 Å². The number of aryl methyl sites for hydroxylation is 2. The van der Waals surface area contributed by atoms with Gasteiger partial charge in [-0.3, -0.25) is 9.36 Å². The molecule has 7 nitrogen and oxygen atoms in total. The SMILES string of the molecule is Cc1ccnn1Cc1nc(N)c2cnn(C)c2n1. The van der Waals surface area contributed by atoms with E-state index in [4.69, 9.17) is 5.73 Å². The molecular weight excluding hydrogens is 230 g/mol. The molecule has 3 rings (SSSR count). The Morgan fingerprint density at radius 2 is 2.11 bits per heavy atom. The summed E-state index contributed by atoms with van der Waals surface area (Å²) in [6, 6.07) is 1.94. The van der Waals surface area contributed by atoms with Gasteiger partial charge in [0.1, 0.15) is 12.4 Å². The zero-order valence-electron chi connectivity index (χ0n) is 10.2. The van der Waals surface area contributed by atoms with Crippen molar-refractivity contribution in [3.05, 3.63) is 30.0 Å². The van der Waals surface area contributed by atoms with Crippen molar-refractivity contribution in [1.82, 2.24) is 29.5 Å². The van der Waals surface area contributed by atoms with Gasteiger partial charge in [-0.25, -0.2) is 9.97 Å². The predicted molar refractivity (Wildman–Crippen MR) is 66.8 cm³/mol. The molecule has 0 radical (unpaired) electrons. The smallest absolute Gasteiger partial charge is 0.163 e. The van der Waals surface area contributed by atoms with Gasteiger partial charge in [0.2, 0.25) is 0 Å². The van der Waals surface area contributed by atoms with Crippen molar-refractivity contribution in [2.24, 2.45) is 7.05 Å². The number of hydrogen-bond donors (Lipinski definition) is 1. The molecule has 0 aliphatic heterocycles. The highest BCUT2D eigenvalue weighted by atomic mass is 15.3. The number of nitrogens with two attached hydrogens (primary N) is 1. The molecule has 0 bridgehead atoms.